The third-order valence-corrected chi connectivity index (χ3v) is 5.21. The number of aromatic nitrogens is 1. The van der Waals surface area contributed by atoms with Crippen LogP contribution < -0.4 is 15.8 Å². The van der Waals surface area contributed by atoms with Crippen molar-refractivity contribution >= 4 is 24.2 Å². The van der Waals surface area contributed by atoms with Gasteiger partial charge in [0, 0.05) is 37.5 Å². The van der Waals surface area contributed by atoms with Gasteiger partial charge >= 0.3 is 0 Å². The molecule has 1 amide bonds. The van der Waals surface area contributed by atoms with E-state index in [1.807, 2.05) is 72.8 Å². The molecule has 1 heterocycles. The van der Waals surface area contributed by atoms with Crippen LogP contribution in [0.5, 0.6) is 5.88 Å². The van der Waals surface area contributed by atoms with E-state index >= 15 is 0 Å². The normalized spacial score (nSPS) is 11.6. The molecular formula is C24H28N4O2S. The van der Waals surface area contributed by atoms with Crippen molar-refractivity contribution in [2.45, 2.75) is 12.6 Å². The van der Waals surface area contributed by atoms with Crippen LogP contribution >= 0.6 is 12.6 Å². The van der Waals surface area contributed by atoms with E-state index in [-0.39, 0.29) is 18.6 Å². The largest absolute Gasteiger partial charge is 0.466 e. The minimum atomic E-state index is -0.131. The second-order valence-corrected chi connectivity index (χ2v) is 7.63. The van der Waals surface area contributed by atoms with Gasteiger partial charge in [-0.2, -0.15) is 12.6 Å². The van der Waals surface area contributed by atoms with Crippen molar-refractivity contribution in [2.24, 2.45) is 5.73 Å². The Morgan fingerprint density at radius 3 is 2.45 bits per heavy atom. The van der Waals surface area contributed by atoms with E-state index < -0.39 is 0 Å². The van der Waals surface area contributed by atoms with Gasteiger partial charge in [0.2, 0.25) is 5.88 Å². The maximum Gasteiger partial charge on any atom is 0.260 e. The molecule has 0 aliphatic heterocycles. The van der Waals surface area contributed by atoms with Gasteiger partial charge in [-0.25, -0.2) is 4.98 Å². The van der Waals surface area contributed by atoms with Crippen LogP contribution in [-0.2, 0) is 11.3 Å². The molecule has 162 valence electrons. The quantitative estimate of drug-likeness (QED) is 0.424. The molecule has 7 heteroatoms. The van der Waals surface area contributed by atoms with Crippen molar-refractivity contribution in [2.75, 3.05) is 31.3 Å². The van der Waals surface area contributed by atoms with Crippen molar-refractivity contribution in [1.82, 2.24) is 9.88 Å². The molecular weight excluding hydrogens is 408 g/mol. The molecule has 0 bridgehead atoms. The second-order valence-electron chi connectivity index (χ2n) is 7.26. The number of nitrogens with one attached hydrogen (secondary N) is 1. The molecule has 3 rings (SSSR count). The molecule has 0 fully saturated rings. The molecule has 1 atom stereocenters. The maximum absolute atomic E-state index is 12.6. The van der Waals surface area contributed by atoms with Crippen molar-refractivity contribution in [3.05, 3.63) is 78.4 Å². The summed E-state index contributed by atoms with van der Waals surface area (Å²) in [6, 6.07) is 23.4. The van der Waals surface area contributed by atoms with E-state index in [0.29, 0.717) is 30.4 Å². The first-order chi connectivity index (χ1) is 15.1. The molecule has 0 aliphatic rings. The Kier molecular flexibility index (Phi) is 8.32. The van der Waals surface area contributed by atoms with Crippen LogP contribution in [-0.4, -0.2) is 47.8 Å². The Labute approximate surface area is 188 Å². The summed E-state index contributed by atoms with van der Waals surface area (Å²) in [5.41, 5.74) is 9.46. The number of pyridine rings is 1. The lowest BCUT2D eigenvalue weighted by Crippen LogP contribution is -2.32. The first kappa shape index (κ1) is 22.7. The van der Waals surface area contributed by atoms with Gasteiger partial charge < -0.3 is 20.7 Å². The minimum Gasteiger partial charge on any atom is -0.466 e. The fraction of sp³-hybridized carbons (Fsp3) is 0.250. The molecule has 0 spiro atoms. The lowest BCUT2D eigenvalue weighted by molar-refractivity contribution is -0.132. The number of anilines is 1. The molecule has 3 aromatic rings. The zero-order chi connectivity index (χ0) is 22.1. The Hall–Kier alpha value is -3.03. The van der Waals surface area contributed by atoms with Gasteiger partial charge in [0.25, 0.3) is 5.91 Å². The van der Waals surface area contributed by atoms with Crippen LogP contribution in [0.2, 0.25) is 0 Å². The monoisotopic (exact) mass is 436 g/mol. The number of carbonyl (C=O) groups is 1. The molecule has 0 radical (unpaired) electrons. The number of ether oxygens (including phenoxy) is 1. The summed E-state index contributed by atoms with van der Waals surface area (Å²) in [7, 11) is 1.76. The molecule has 0 saturated heterocycles. The molecule has 31 heavy (non-hydrogen) atoms. The highest BCUT2D eigenvalue weighted by Gasteiger charge is 2.14. The summed E-state index contributed by atoms with van der Waals surface area (Å²) in [4.78, 5) is 18.9. The number of benzene rings is 2. The number of rotatable bonds is 10. The first-order valence-electron chi connectivity index (χ1n) is 10.1. The number of hydrogen-bond acceptors (Lipinski definition) is 6. The van der Waals surface area contributed by atoms with Crippen molar-refractivity contribution in [3.63, 3.8) is 0 Å². The van der Waals surface area contributed by atoms with E-state index in [4.69, 9.17) is 10.5 Å². The Morgan fingerprint density at radius 1 is 1.10 bits per heavy atom. The van der Waals surface area contributed by atoms with Crippen LogP contribution in [0.15, 0.2) is 72.8 Å². The first-order valence-corrected chi connectivity index (χ1v) is 10.8. The van der Waals surface area contributed by atoms with Crippen LogP contribution in [0.25, 0.3) is 11.3 Å². The number of nitrogens with two attached hydrogens (primary N) is 1. The van der Waals surface area contributed by atoms with Gasteiger partial charge in [-0.15, -0.1) is 0 Å². The van der Waals surface area contributed by atoms with Crippen LogP contribution in [0.4, 0.5) is 5.69 Å². The van der Waals surface area contributed by atoms with Gasteiger partial charge in [0.15, 0.2) is 6.61 Å². The molecule has 0 aliphatic carbocycles. The van der Waals surface area contributed by atoms with Crippen molar-refractivity contribution < 1.29 is 9.53 Å². The van der Waals surface area contributed by atoms with Gasteiger partial charge in [-0.3, -0.25) is 4.79 Å². The fourth-order valence-corrected chi connectivity index (χ4v) is 3.08. The highest BCUT2D eigenvalue weighted by molar-refractivity contribution is 7.80. The average molecular weight is 437 g/mol. The van der Waals surface area contributed by atoms with Gasteiger partial charge in [0.1, 0.15) is 0 Å². The SMILES string of the molecule is CN(Cc1ccccc1)C(=O)COc1nc(-c2ccccc2)ccc1NCC(N)CS. The predicted molar refractivity (Wildman–Crippen MR) is 128 cm³/mol. The number of amides is 1. The van der Waals surface area contributed by atoms with Crippen LogP contribution in [0.1, 0.15) is 5.56 Å². The van der Waals surface area contributed by atoms with Gasteiger partial charge in [0.05, 0.1) is 11.4 Å². The number of thiol groups is 1. The zero-order valence-electron chi connectivity index (χ0n) is 17.6. The predicted octanol–water partition coefficient (Wildman–Crippen LogP) is 3.46. The molecule has 6 nitrogen and oxygen atoms in total. The third-order valence-electron chi connectivity index (χ3n) is 4.74. The molecule has 3 N–H and O–H groups in total. The standard InChI is InChI=1S/C24H28N4O2S/c1-28(15-18-8-4-2-5-9-18)23(29)16-30-24-22(26-14-20(25)17-31)13-12-21(27-24)19-10-6-3-7-11-19/h2-13,20,26,31H,14-17,25H2,1H3. The van der Waals surface area contributed by atoms with Crippen LogP contribution in [0.3, 0.4) is 0 Å². The Balaban J connectivity index is 1.72. The summed E-state index contributed by atoms with van der Waals surface area (Å²) in [5, 5.41) is 3.25. The fourth-order valence-electron chi connectivity index (χ4n) is 2.95. The van der Waals surface area contributed by atoms with E-state index in [9.17, 15) is 4.79 Å². The van der Waals surface area contributed by atoms with E-state index in [0.717, 1.165) is 16.8 Å². The van der Waals surface area contributed by atoms with Gasteiger partial charge in [-0.1, -0.05) is 60.7 Å². The van der Waals surface area contributed by atoms with E-state index in [1.165, 1.54) is 0 Å². The Morgan fingerprint density at radius 2 is 1.77 bits per heavy atom. The number of carbonyl (C=O) groups excluding carboxylic acids is 1. The summed E-state index contributed by atoms with van der Waals surface area (Å²) in [5.74, 6) is 0.796. The lowest BCUT2D eigenvalue weighted by Gasteiger charge is -2.19. The van der Waals surface area contributed by atoms with E-state index in [2.05, 4.69) is 22.9 Å². The summed E-state index contributed by atoms with van der Waals surface area (Å²) >= 11 is 4.22. The molecule has 0 saturated carbocycles. The van der Waals surface area contributed by atoms with E-state index in [1.54, 1.807) is 11.9 Å². The lowest BCUT2D eigenvalue weighted by atomic mass is 10.1. The van der Waals surface area contributed by atoms with Gasteiger partial charge in [-0.05, 0) is 17.7 Å². The average Bonchev–Trinajstić information content (AvgIpc) is 2.82. The summed E-state index contributed by atoms with van der Waals surface area (Å²) in [6.45, 7) is 0.929. The summed E-state index contributed by atoms with van der Waals surface area (Å²) in [6.07, 6.45) is 0. The Bertz CT molecular complexity index is 970. The minimum absolute atomic E-state index is 0.108. The third kappa shape index (κ3) is 6.73. The second kappa shape index (κ2) is 11.4. The topological polar surface area (TPSA) is 80.5 Å². The molecule has 1 unspecified atom stereocenters. The van der Waals surface area contributed by atoms with Crippen LogP contribution in [0, 0.1) is 0 Å². The van der Waals surface area contributed by atoms with Crippen molar-refractivity contribution in [1.29, 1.82) is 0 Å². The highest BCUT2D eigenvalue weighted by Crippen LogP contribution is 2.27. The molecule has 2 aromatic carbocycles. The smallest absolute Gasteiger partial charge is 0.260 e. The summed E-state index contributed by atoms with van der Waals surface area (Å²) < 4.78 is 5.86. The number of nitrogens with zero attached hydrogens (tertiary/aromatic N) is 2. The number of hydrogen-bond donors (Lipinski definition) is 3. The molecule has 1 aromatic heterocycles. The van der Waals surface area contributed by atoms with Crippen molar-refractivity contribution in [3.8, 4) is 17.1 Å². The highest BCUT2D eigenvalue weighted by atomic mass is 32.1. The maximum atomic E-state index is 12.6. The number of likely N-dealkylation sites (N-methyl/N-ethyl adjacent to an activating group) is 1. The zero-order valence-corrected chi connectivity index (χ0v) is 18.5.